The Morgan fingerprint density at radius 1 is 0.714 bits per heavy atom. The highest BCUT2D eigenvalue weighted by Crippen LogP contribution is 2.33. The molecular formula is C33H28N2O6S. The third kappa shape index (κ3) is 6.42. The Morgan fingerprint density at radius 2 is 1.31 bits per heavy atom. The molecule has 212 valence electrons. The molecule has 0 saturated carbocycles. The van der Waals surface area contributed by atoms with Gasteiger partial charge in [-0.05, 0) is 71.4 Å². The summed E-state index contributed by atoms with van der Waals surface area (Å²) in [7, 11) is 3.12. The maximum absolute atomic E-state index is 13.3. The Hall–Kier alpha value is -5.15. The van der Waals surface area contributed by atoms with Gasteiger partial charge in [-0.25, -0.2) is 0 Å². The molecule has 0 aromatic heterocycles. The van der Waals surface area contributed by atoms with Gasteiger partial charge in [0.25, 0.3) is 11.8 Å². The van der Waals surface area contributed by atoms with E-state index in [0.29, 0.717) is 40.9 Å². The fraction of sp³-hybridized carbons (Fsp3) is 0.121. The molecule has 1 aliphatic rings. The Balaban J connectivity index is 1.29. The van der Waals surface area contributed by atoms with Crippen LogP contribution in [0.15, 0.2) is 103 Å². The molecule has 0 spiro atoms. The van der Waals surface area contributed by atoms with E-state index in [-0.39, 0.29) is 17.3 Å². The van der Waals surface area contributed by atoms with Crippen molar-refractivity contribution in [2.24, 2.45) is 0 Å². The zero-order chi connectivity index (χ0) is 29.5. The lowest BCUT2D eigenvalue weighted by Crippen LogP contribution is -2.54. The molecule has 0 radical (unpaired) electrons. The van der Waals surface area contributed by atoms with Crippen molar-refractivity contribution < 1.29 is 28.5 Å². The van der Waals surface area contributed by atoms with E-state index in [1.54, 1.807) is 49.6 Å². The summed E-state index contributed by atoms with van der Waals surface area (Å²) in [5, 5.41) is 2.62. The van der Waals surface area contributed by atoms with Crippen molar-refractivity contribution in [1.29, 1.82) is 0 Å². The van der Waals surface area contributed by atoms with E-state index < -0.39 is 11.8 Å². The summed E-state index contributed by atoms with van der Waals surface area (Å²) >= 11 is 5.26. The second-order valence-corrected chi connectivity index (χ2v) is 9.64. The lowest BCUT2D eigenvalue weighted by molar-refractivity contribution is -0.122. The maximum Gasteiger partial charge on any atom is 0.270 e. The Morgan fingerprint density at radius 3 is 1.98 bits per heavy atom. The Labute approximate surface area is 249 Å². The first-order chi connectivity index (χ1) is 20.5. The van der Waals surface area contributed by atoms with Gasteiger partial charge in [0.05, 0.1) is 19.9 Å². The number of carbonyl (C=O) groups excluding carboxylic acids is 2. The van der Waals surface area contributed by atoms with Crippen LogP contribution in [0.25, 0.3) is 6.08 Å². The summed E-state index contributed by atoms with van der Waals surface area (Å²) in [6.07, 6.45) is 1.50. The summed E-state index contributed by atoms with van der Waals surface area (Å²) < 4.78 is 23.1. The average molecular weight is 581 g/mol. The second kappa shape index (κ2) is 13.0. The third-order valence-corrected chi connectivity index (χ3v) is 6.76. The standard InChI is InChI=1S/C33H28N2O6S/c1-38-29-18-23(17-26-31(36)34-33(42)35(32(26)37)25-11-7-4-8-12-25)13-15-27(29)41-21-24-14-16-28(30(19-24)39-2)40-20-22-9-5-3-6-10-22/h3-19H,20-21H2,1-2H3,(H,34,36,42)/b26-17-. The van der Waals surface area contributed by atoms with Crippen molar-refractivity contribution in [2.45, 2.75) is 13.2 Å². The first-order valence-electron chi connectivity index (χ1n) is 13.1. The molecule has 1 heterocycles. The molecule has 9 heteroatoms. The number of rotatable bonds is 10. The van der Waals surface area contributed by atoms with Crippen LogP contribution in [-0.4, -0.2) is 31.1 Å². The molecule has 42 heavy (non-hydrogen) atoms. The van der Waals surface area contributed by atoms with Crippen LogP contribution in [0.4, 0.5) is 5.69 Å². The van der Waals surface area contributed by atoms with E-state index in [0.717, 1.165) is 11.1 Å². The smallest absolute Gasteiger partial charge is 0.270 e. The van der Waals surface area contributed by atoms with Crippen molar-refractivity contribution in [3.05, 3.63) is 119 Å². The fourth-order valence-corrected chi connectivity index (χ4v) is 4.63. The van der Waals surface area contributed by atoms with E-state index in [9.17, 15) is 9.59 Å². The van der Waals surface area contributed by atoms with Crippen LogP contribution >= 0.6 is 12.2 Å². The number of hydrogen-bond acceptors (Lipinski definition) is 7. The van der Waals surface area contributed by atoms with Gasteiger partial charge in [-0.15, -0.1) is 0 Å². The molecular weight excluding hydrogens is 552 g/mol. The number of nitrogens with zero attached hydrogens (tertiary/aromatic N) is 1. The lowest BCUT2D eigenvalue weighted by atomic mass is 10.1. The number of hydrogen-bond donors (Lipinski definition) is 1. The largest absolute Gasteiger partial charge is 0.493 e. The van der Waals surface area contributed by atoms with Gasteiger partial charge >= 0.3 is 0 Å². The lowest BCUT2D eigenvalue weighted by Gasteiger charge is -2.28. The normalized spacial score (nSPS) is 14.0. The molecule has 1 N–H and O–H groups in total. The van der Waals surface area contributed by atoms with Gasteiger partial charge in [-0.3, -0.25) is 19.8 Å². The zero-order valence-electron chi connectivity index (χ0n) is 23.0. The number of thiocarbonyl (C=S) groups is 1. The molecule has 1 fully saturated rings. The van der Waals surface area contributed by atoms with Gasteiger partial charge in [0.2, 0.25) is 0 Å². The van der Waals surface area contributed by atoms with Crippen LogP contribution in [0, 0.1) is 0 Å². The van der Waals surface area contributed by atoms with Crippen molar-refractivity contribution >= 4 is 40.9 Å². The monoisotopic (exact) mass is 580 g/mol. The molecule has 0 bridgehead atoms. The highest BCUT2D eigenvalue weighted by atomic mass is 32.1. The fourth-order valence-electron chi connectivity index (χ4n) is 4.35. The van der Waals surface area contributed by atoms with Crippen LogP contribution in [-0.2, 0) is 22.8 Å². The molecule has 8 nitrogen and oxygen atoms in total. The number of para-hydroxylation sites is 1. The molecule has 4 aromatic rings. The molecule has 4 aromatic carbocycles. The van der Waals surface area contributed by atoms with Crippen molar-refractivity contribution in [3.8, 4) is 23.0 Å². The van der Waals surface area contributed by atoms with Gasteiger partial charge < -0.3 is 18.9 Å². The van der Waals surface area contributed by atoms with Crippen molar-refractivity contribution in [1.82, 2.24) is 5.32 Å². The molecule has 2 amide bonds. The van der Waals surface area contributed by atoms with E-state index in [4.69, 9.17) is 31.2 Å². The van der Waals surface area contributed by atoms with Crippen LogP contribution in [0.3, 0.4) is 0 Å². The summed E-state index contributed by atoms with van der Waals surface area (Å²) in [4.78, 5) is 27.2. The van der Waals surface area contributed by atoms with Crippen LogP contribution in [0.5, 0.6) is 23.0 Å². The molecule has 1 aliphatic heterocycles. The van der Waals surface area contributed by atoms with Crippen LogP contribution in [0.2, 0.25) is 0 Å². The van der Waals surface area contributed by atoms with Crippen molar-refractivity contribution in [3.63, 3.8) is 0 Å². The topological polar surface area (TPSA) is 86.3 Å². The molecule has 0 unspecified atom stereocenters. The van der Waals surface area contributed by atoms with E-state index in [1.165, 1.54) is 18.1 Å². The summed E-state index contributed by atoms with van der Waals surface area (Å²) in [6.45, 7) is 0.674. The number of ether oxygens (including phenoxy) is 4. The first-order valence-corrected chi connectivity index (χ1v) is 13.5. The SMILES string of the molecule is COc1cc(/C=C2/C(=O)NC(=S)N(c3ccccc3)C2=O)ccc1OCc1ccc(OCc2ccccc2)c(OC)c1. The summed E-state index contributed by atoms with van der Waals surface area (Å²) in [6, 6.07) is 29.6. The number of amides is 2. The zero-order valence-corrected chi connectivity index (χ0v) is 23.9. The summed E-state index contributed by atoms with van der Waals surface area (Å²) in [5.41, 5.74) is 3.02. The van der Waals surface area contributed by atoms with E-state index in [1.807, 2.05) is 54.6 Å². The van der Waals surface area contributed by atoms with Crippen molar-refractivity contribution in [2.75, 3.05) is 19.1 Å². The maximum atomic E-state index is 13.3. The number of carbonyl (C=O) groups is 2. The van der Waals surface area contributed by atoms with Gasteiger partial charge in [0, 0.05) is 0 Å². The summed E-state index contributed by atoms with van der Waals surface area (Å²) in [5.74, 6) is 1.09. The first kappa shape index (κ1) is 28.4. The second-order valence-electron chi connectivity index (χ2n) is 9.25. The molecule has 0 aliphatic carbocycles. The number of anilines is 1. The van der Waals surface area contributed by atoms with Crippen LogP contribution in [0.1, 0.15) is 16.7 Å². The average Bonchev–Trinajstić information content (AvgIpc) is 3.02. The third-order valence-electron chi connectivity index (χ3n) is 6.47. The minimum Gasteiger partial charge on any atom is -0.493 e. The minimum absolute atomic E-state index is 0.0297. The quantitative estimate of drug-likeness (QED) is 0.146. The van der Waals surface area contributed by atoms with E-state index in [2.05, 4.69) is 5.32 Å². The van der Waals surface area contributed by atoms with E-state index >= 15 is 0 Å². The predicted molar refractivity (Wildman–Crippen MR) is 164 cm³/mol. The predicted octanol–water partition coefficient (Wildman–Crippen LogP) is 5.69. The Kier molecular flexibility index (Phi) is 8.79. The minimum atomic E-state index is -0.568. The van der Waals surface area contributed by atoms with Gasteiger partial charge in [-0.2, -0.15) is 0 Å². The molecule has 1 saturated heterocycles. The number of nitrogens with one attached hydrogen (secondary N) is 1. The highest BCUT2D eigenvalue weighted by molar-refractivity contribution is 7.80. The molecule has 0 atom stereocenters. The van der Waals surface area contributed by atoms with Gasteiger partial charge in [0.1, 0.15) is 18.8 Å². The molecule has 5 rings (SSSR count). The number of methoxy groups -OCH3 is 2. The number of benzene rings is 4. The Bertz CT molecular complexity index is 1640. The van der Waals surface area contributed by atoms with Gasteiger partial charge in [-0.1, -0.05) is 60.7 Å². The highest BCUT2D eigenvalue weighted by Gasteiger charge is 2.34. The van der Waals surface area contributed by atoms with Gasteiger partial charge in [0.15, 0.2) is 28.1 Å². The van der Waals surface area contributed by atoms with Crippen LogP contribution < -0.4 is 29.2 Å².